The lowest BCUT2D eigenvalue weighted by Gasteiger charge is -2.14. The van der Waals surface area contributed by atoms with Gasteiger partial charge in [-0.25, -0.2) is 0 Å². The Balaban J connectivity index is 3.27. The van der Waals surface area contributed by atoms with E-state index in [4.69, 9.17) is 5.73 Å². The van der Waals surface area contributed by atoms with Gasteiger partial charge < -0.3 is 5.73 Å². The number of carbonyl (C=O) groups excluding carboxylic acids is 1. The number of rotatable bonds is 2. The van der Waals surface area contributed by atoms with Gasteiger partial charge in [-0.2, -0.15) is 13.2 Å². The van der Waals surface area contributed by atoms with Crippen molar-refractivity contribution in [3.8, 4) is 0 Å². The standard InChI is InChI=1S/C10H10F3NO/c1-6(15)5-7-3-2-4-8(14)9(7)10(11,12)13/h2-4H,5,14H2,1H3. The maximum absolute atomic E-state index is 12.6. The molecule has 0 aliphatic carbocycles. The molecule has 0 saturated heterocycles. The topological polar surface area (TPSA) is 43.1 Å². The number of ketones is 1. The van der Waals surface area contributed by atoms with E-state index in [9.17, 15) is 18.0 Å². The van der Waals surface area contributed by atoms with Crippen molar-refractivity contribution in [1.82, 2.24) is 0 Å². The first kappa shape index (κ1) is 11.6. The molecule has 0 unspecified atom stereocenters. The molecule has 5 heteroatoms. The van der Waals surface area contributed by atoms with E-state index in [1.165, 1.54) is 25.1 Å². The quantitative estimate of drug-likeness (QED) is 0.773. The Labute approximate surface area is 84.9 Å². The minimum absolute atomic E-state index is 0.0741. The van der Waals surface area contributed by atoms with E-state index >= 15 is 0 Å². The molecule has 15 heavy (non-hydrogen) atoms. The molecule has 2 N–H and O–H groups in total. The van der Waals surface area contributed by atoms with Crippen LogP contribution in [0.5, 0.6) is 0 Å². The van der Waals surface area contributed by atoms with Crippen LogP contribution in [0, 0.1) is 0 Å². The fourth-order valence-electron chi connectivity index (χ4n) is 1.38. The number of benzene rings is 1. The summed E-state index contributed by atoms with van der Waals surface area (Å²) in [5, 5.41) is 0. The minimum atomic E-state index is -4.52. The molecule has 0 spiro atoms. The molecule has 1 aromatic rings. The average molecular weight is 217 g/mol. The molecule has 82 valence electrons. The van der Waals surface area contributed by atoms with Crippen molar-refractivity contribution in [3.05, 3.63) is 29.3 Å². The Kier molecular flexibility index (Phi) is 3.02. The van der Waals surface area contributed by atoms with Gasteiger partial charge in [-0.15, -0.1) is 0 Å². The molecule has 0 fully saturated rings. The molecule has 0 radical (unpaired) electrons. The van der Waals surface area contributed by atoms with Crippen LogP contribution in [-0.4, -0.2) is 5.78 Å². The number of anilines is 1. The summed E-state index contributed by atoms with van der Waals surface area (Å²) in [6.45, 7) is 1.24. The number of Topliss-reactive ketones (excluding diaryl/α,β-unsaturated/α-hetero) is 1. The number of hydrogen-bond acceptors (Lipinski definition) is 2. The van der Waals surface area contributed by atoms with Gasteiger partial charge in [0.1, 0.15) is 5.78 Å². The highest BCUT2D eigenvalue weighted by Crippen LogP contribution is 2.36. The fraction of sp³-hybridized carbons (Fsp3) is 0.300. The molecule has 0 saturated carbocycles. The molecule has 0 atom stereocenters. The van der Waals surface area contributed by atoms with Gasteiger partial charge in [0, 0.05) is 12.1 Å². The third-order valence-corrected chi connectivity index (χ3v) is 1.91. The summed E-state index contributed by atoms with van der Waals surface area (Å²) in [5.74, 6) is -0.328. The van der Waals surface area contributed by atoms with Gasteiger partial charge in [-0.05, 0) is 18.6 Å². The van der Waals surface area contributed by atoms with Crippen LogP contribution in [-0.2, 0) is 17.4 Å². The second kappa shape index (κ2) is 3.92. The van der Waals surface area contributed by atoms with Crippen LogP contribution in [0.4, 0.5) is 18.9 Å². The van der Waals surface area contributed by atoms with Gasteiger partial charge in [0.25, 0.3) is 0 Å². The predicted molar refractivity (Wildman–Crippen MR) is 50.2 cm³/mol. The van der Waals surface area contributed by atoms with E-state index in [1.807, 2.05) is 0 Å². The number of carbonyl (C=O) groups is 1. The van der Waals surface area contributed by atoms with E-state index < -0.39 is 11.7 Å². The third kappa shape index (κ3) is 2.71. The van der Waals surface area contributed by atoms with Crippen molar-refractivity contribution >= 4 is 11.5 Å². The Morgan fingerprint density at radius 1 is 1.40 bits per heavy atom. The lowest BCUT2D eigenvalue weighted by molar-refractivity contribution is -0.137. The Bertz CT molecular complexity index is 385. The summed E-state index contributed by atoms with van der Waals surface area (Å²) >= 11 is 0. The van der Waals surface area contributed by atoms with Gasteiger partial charge in [0.15, 0.2) is 0 Å². The average Bonchev–Trinajstić information content (AvgIpc) is 1.99. The van der Waals surface area contributed by atoms with Crippen LogP contribution in [0.2, 0.25) is 0 Å². The molecule has 0 amide bonds. The Hall–Kier alpha value is -1.52. The molecule has 0 bridgehead atoms. The summed E-state index contributed by atoms with van der Waals surface area (Å²) in [6, 6.07) is 3.84. The first-order valence-electron chi connectivity index (χ1n) is 4.26. The van der Waals surface area contributed by atoms with E-state index in [-0.39, 0.29) is 23.5 Å². The van der Waals surface area contributed by atoms with Crippen molar-refractivity contribution < 1.29 is 18.0 Å². The first-order chi connectivity index (χ1) is 6.82. The number of nitrogens with two attached hydrogens (primary N) is 1. The van der Waals surface area contributed by atoms with Crippen molar-refractivity contribution in [2.24, 2.45) is 0 Å². The van der Waals surface area contributed by atoms with E-state index in [0.717, 1.165) is 0 Å². The summed E-state index contributed by atoms with van der Waals surface area (Å²) < 4.78 is 37.7. The van der Waals surface area contributed by atoms with Crippen LogP contribution in [0.1, 0.15) is 18.1 Å². The fourth-order valence-corrected chi connectivity index (χ4v) is 1.38. The Morgan fingerprint density at radius 3 is 2.47 bits per heavy atom. The highest BCUT2D eigenvalue weighted by atomic mass is 19.4. The molecule has 2 nitrogen and oxygen atoms in total. The number of nitrogen functional groups attached to an aromatic ring is 1. The highest BCUT2D eigenvalue weighted by Gasteiger charge is 2.35. The van der Waals surface area contributed by atoms with Gasteiger partial charge in [-0.3, -0.25) is 4.79 Å². The van der Waals surface area contributed by atoms with Crippen LogP contribution in [0.3, 0.4) is 0 Å². The number of alkyl halides is 3. The molecule has 0 heterocycles. The monoisotopic (exact) mass is 217 g/mol. The lowest BCUT2D eigenvalue weighted by Crippen LogP contribution is -2.14. The molecular formula is C10H10F3NO. The SMILES string of the molecule is CC(=O)Cc1cccc(N)c1C(F)(F)F. The smallest absolute Gasteiger partial charge is 0.398 e. The van der Waals surface area contributed by atoms with Crippen LogP contribution in [0.15, 0.2) is 18.2 Å². The van der Waals surface area contributed by atoms with Gasteiger partial charge >= 0.3 is 6.18 Å². The normalized spacial score (nSPS) is 11.5. The number of hydrogen-bond donors (Lipinski definition) is 1. The second-order valence-corrected chi connectivity index (χ2v) is 3.26. The summed E-state index contributed by atoms with van der Waals surface area (Å²) in [5.41, 5.74) is 3.93. The van der Waals surface area contributed by atoms with Crippen molar-refractivity contribution in [3.63, 3.8) is 0 Å². The molecule has 1 rings (SSSR count). The van der Waals surface area contributed by atoms with E-state index in [1.54, 1.807) is 0 Å². The molecular weight excluding hydrogens is 207 g/mol. The molecule has 1 aromatic carbocycles. The van der Waals surface area contributed by atoms with Crippen molar-refractivity contribution in [2.75, 3.05) is 5.73 Å². The van der Waals surface area contributed by atoms with Crippen LogP contribution < -0.4 is 5.73 Å². The summed E-state index contributed by atoms with van der Waals surface area (Å²) in [6.07, 6.45) is -4.77. The first-order valence-corrected chi connectivity index (χ1v) is 4.26. The zero-order valence-corrected chi connectivity index (χ0v) is 8.06. The minimum Gasteiger partial charge on any atom is -0.398 e. The molecule has 0 aliphatic rings. The predicted octanol–water partition coefficient (Wildman–Crippen LogP) is 2.42. The van der Waals surface area contributed by atoms with E-state index in [2.05, 4.69) is 0 Å². The maximum Gasteiger partial charge on any atom is 0.418 e. The van der Waals surface area contributed by atoms with Gasteiger partial charge in [0.05, 0.1) is 5.56 Å². The van der Waals surface area contributed by atoms with E-state index in [0.29, 0.717) is 0 Å². The largest absolute Gasteiger partial charge is 0.418 e. The zero-order valence-electron chi connectivity index (χ0n) is 8.06. The highest BCUT2D eigenvalue weighted by molar-refractivity contribution is 5.79. The summed E-state index contributed by atoms with van der Waals surface area (Å²) in [4.78, 5) is 10.8. The Morgan fingerprint density at radius 2 is 2.00 bits per heavy atom. The van der Waals surface area contributed by atoms with Gasteiger partial charge in [-0.1, -0.05) is 12.1 Å². The van der Waals surface area contributed by atoms with Crippen molar-refractivity contribution in [1.29, 1.82) is 0 Å². The van der Waals surface area contributed by atoms with Crippen molar-refractivity contribution in [2.45, 2.75) is 19.5 Å². The van der Waals surface area contributed by atoms with Crippen LogP contribution >= 0.6 is 0 Å². The second-order valence-electron chi connectivity index (χ2n) is 3.26. The zero-order chi connectivity index (χ0) is 11.6. The van der Waals surface area contributed by atoms with Gasteiger partial charge in [0.2, 0.25) is 0 Å². The summed E-state index contributed by atoms with van der Waals surface area (Å²) in [7, 11) is 0. The molecule has 0 aliphatic heterocycles. The number of halogens is 3. The van der Waals surface area contributed by atoms with Crippen LogP contribution in [0.25, 0.3) is 0 Å². The maximum atomic E-state index is 12.6. The lowest BCUT2D eigenvalue weighted by atomic mass is 10.0. The third-order valence-electron chi connectivity index (χ3n) is 1.91. The molecule has 0 aromatic heterocycles.